The van der Waals surface area contributed by atoms with E-state index in [0.29, 0.717) is 19.7 Å². The molecule has 0 saturated heterocycles. The zero-order valence-corrected chi connectivity index (χ0v) is 13.8. The average molecular weight is 381 g/mol. The van der Waals surface area contributed by atoms with Crippen LogP contribution in [-0.4, -0.2) is 45.2 Å². The SMILES string of the molecule is CN=C(NCCOC)N(C)Cc1ccc(F)cc1.I. The predicted octanol–water partition coefficient (Wildman–Crippen LogP) is 2.10. The van der Waals surface area contributed by atoms with Crippen molar-refractivity contribution >= 4 is 29.9 Å². The summed E-state index contributed by atoms with van der Waals surface area (Å²) in [6.07, 6.45) is 0. The Balaban J connectivity index is 0.00000324. The van der Waals surface area contributed by atoms with Gasteiger partial charge in [-0.1, -0.05) is 12.1 Å². The lowest BCUT2D eigenvalue weighted by Gasteiger charge is -2.22. The van der Waals surface area contributed by atoms with Gasteiger partial charge in [0.05, 0.1) is 6.61 Å². The molecule has 0 heterocycles. The normalized spacial score (nSPS) is 10.8. The molecular formula is C13H21FIN3O. The summed E-state index contributed by atoms with van der Waals surface area (Å²) < 4.78 is 17.8. The van der Waals surface area contributed by atoms with Gasteiger partial charge in [0, 0.05) is 34.3 Å². The molecule has 6 heteroatoms. The first kappa shape index (κ1) is 18.1. The molecule has 0 aliphatic carbocycles. The van der Waals surface area contributed by atoms with Crippen molar-refractivity contribution < 1.29 is 9.13 Å². The highest BCUT2D eigenvalue weighted by Crippen LogP contribution is 2.05. The minimum Gasteiger partial charge on any atom is -0.383 e. The van der Waals surface area contributed by atoms with Crippen molar-refractivity contribution in [2.75, 3.05) is 34.4 Å². The Morgan fingerprint density at radius 2 is 2.00 bits per heavy atom. The number of benzene rings is 1. The number of nitrogens with one attached hydrogen (secondary N) is 1. The fourth-order valence-electron chi connectivity index (χ4n) is 1.59. The molecule has 4 nitrogen and oxygen atoms in total. The Labute approximate surface area is 131 Å². The molecule has 1 aromatic rings. The second-order valence-electron chi connectivity index (χ2n) is 3.95. The Bertz CT molecular complexity index is 384. The molecule has 1 aromatic carbocycles. The molecule has 108 valence electrons. The van der Waals surface area contributed by atoms with Gasteiger partial charge in [0.2, 0.25) is 0 Å². The fourth-order valence-corrected chi connectivity index (χ4v) is 1.59. The predicted molar refractivity (Wildman–Crippen MR) is 86.5 cm³/mol. The van der Waals surface area contributed by atoms with Crippen LogP contribution in [0.25, 0.3) is 0 Å². The molecule has 0 aliphatic heterocycles. The summed E-state index contributed by atoms with van der Waals surface area (Å²) in [7, 11) is 5.33. The number of nitrogens with zero attached hydrogens (tertiary/aromatic N) is 2. The number of ether oxygens (including phenoxy) is 1. The standard InChI is InChI=1S/C13H20FN3O.HI/c1-15-13(16-8-9-18-3)17(2)10-11-4-6-12(14)7-5-11;/h4-7H,8-10H2,1-3H3,(H,15,16);1H. The Morgan fingerprint density at radius 3 is 2.53 bits per heavy atom. The summed E-state index contributed by atoms with van der Waals surface area (Å²) >= 11 is 0. The summed E-state index contributed by atoms with van der Waals surface area (Å²) in [5.41, 5.74) is 1.04. The van der Waals surface area contributed by atoms with Gasteiger partial charge in [-0.25, -0.2) is 4.39 Å². The maximum atomic E-state index is 12.8. The van der Waals surface area contributed by atoms with E-state index >= 15 is 0 Å². The molecule has 0 aromatic heterocycles. The van der Waals surface area contributed by atoms with Crippen LogP contribution in [0.1, 0.15) is 5.56 Å². The number of guanidine groups is 1. The molecule has 0 atom stereocenters. The zero-order valence-electron chi connectivity index (χ0n) is 11.5. The van der Waals surface area contributed by atoms with E-state index in [-0.39, 0.29) is 29.8 Å². The summed E-state index contributed by atoms with van der Waals surface area (Å²) in [6, 6.07) is 6.47. The van der Waals surface area contributed by atoms with Gasteiger partial charge in [-0.2, -0.15) is 0 Å². The van der Waals surface area contributed by atoms with Gasteiger partial charge in [0.15, 0.2) is 5.96 Å². The Morgan fingerprint density at radius 1 is 1.37 bits per heavy atom. The lowest BCUT2D eigenvalue weighted by atomic mass is 10.2. The van der Waals surface area contributed by atoms with Crippen LogP contribution in [0.4, 0.5) is 4.39 Å². The minimum absolute atomic E-state index is 0. The molecule has 0 radical (unpaired) electrons. The van der Waals surface area contributed by atoms with E-state index in [0.717, 1.165) is 11.5 Å². The summed E-state index contributed by atoms with van der Waals surface area (Å²) in [5.74, 6) is 0.570. The third-order valence-electron chi connectivity index (χ3n) is 2.50. The second kappa shape index (κ2) is 9.96. The quantitative estimate of drug-likeness (QED) is 0.367. The van der Waals surface area contributed by atoms with E-state index in [1.807, 2.05) is 11.9 Å². The van der Waals surface area contributed by atoms with Gasteiger partial charge in [-0.15, -0.1) is 24.0 Å². The minimum atomic E-state index is -0.219. The molecule has 0 spiro atoms. The molecule has 19 heavy (non-hydrogen) atoms. The molecule has 0 bridgehead atoms. The lowest BCUT2D eigenvalue weighted by Crippen LogP contribution is -2.39. The van der Waals surface area contributed by atoms with Gasteiger partial charge in [0.25, 0.3) is 0 Å². The molecule has 0 unspecified atom stereocenters. The Hall–Kier alpha value is -0.890. The topological polar surface area (TPSA) is 36.9 Å². The first-order valence-corrected chi connectivity index (χ1v) is 5.82. The zero-order chi connectivity index (χ0) is 13.4. The van der Waals surface area contributed by atoms with Crippen LogP contribution >= 0.6 is 24.0 Å². The molecule has 1 rings (SSSR count). The van der Waals surface area contributed by atoms with Crippen molar-refractivity contribution in [2.45, 2.75) is 6.54 Å². The van der Waals surface area contributed by atoms with Crippen molar-refractivity contribution in [1.82, 2.24) is 10.2 Å². The number of hydrogen-bond donors (Lipinski definition) is 1. The lowest BCUT2D eigenvalue weighted by molar-refractivity contribution is 0.203. The van der Waals surface area contributed by atoms with Crippen LogP contribution in [0, 0.1) is 5.82 Å². The number of methoxy groups -OCH3 is 1. The monoisotopic (exact) mass is 381 g/mol. The van der Waals surface area contributed by atoms with E-state index in [4.69, 9.17) is 4.74 Å². The molecule has 0 aliphatic rings. The van der Waals surface area contributed by atoms with E-state index in [2.05, 4.69) is 10.3 Å². The maximum absolute atomic E-state index is 12.8. The highest BCUT2D eigenvalue weighted by molar-refractivity contribution is 14.0. The highest BCUT2D eigenvalue weighted by Gasteiger charge is 2.05. The first-order chi connectivity index (χ1) is 8.67. The van der Waals surface area contributed by atoms with Crippen molar-refractivity contribution in [1.29, 1.82) is 0 Å². The average Bonchev–Trinajstić information content (AvgIpc) is 2.37. The van der Waals surface area contributed by atoms with Gasteiger partial charge in [0.1, 0.15) is 5.82 Å². The third-order valence-corrected chi connectivity index (χ3v) is 2.50. The summed E-state index contributed by atoms with van der Waals surface area (Å²) in [6.45, 7) is 2.01. The van der Waals surface area contributed by atoms with Gasteiger partial charge in [-0.05, 0) is 17.7 Å². The van der Waals surface area contributed by atoms with Crippen LogP contribution in [-0.2, 0) is 11.3 Å². The first-order valence-electron chi connectivity index (χ1n) is 5.82. The van der Waals surface area contributed by atoms with Crippen LogP contribution < -0.4 is 5.32 Å². The molecule has 1 N–H and O–H groups in total. The number of halogens is 2. The molecule has 0 fully saturated rings. The van der Waals surface area contributed by atoms with Crippen molar-refractivity contribution in [2.24, 2.45) is 4.99 Å². The van der Waals surface area contributed by atoms with E-state index < -0.39 is 0 Å². The van der Waals surface area contributed by atoms with Crippen molar-refractivity contribution in [3.05, 3.63) is 35.6 Å². The van der Waals surface area contributed by atoms with E-state index in [1.165, 1.54) is 12.1 Å². The van der Waals surface area contributed by atoms with Gasteiger partial charge in [-0.3, -0.25) is 4.99 Å². The molecule has 0 amide bonds. The van der Waals surface area contributed by atoms with Crippen LogP contribution in [0.2, 0.25) is 0 Å². The van der Waals surface area contributed by atoms with E-state index in [1.54, 1.807) is 26.3 Å². The van der Waals surface area contributed by atoms with Crippen LogP contribution in [0.5, 0.6) is 0 Å². The largest absolute Gasteiger partial charge is 0.383 e. The molecule has 0 saturated carbocycles. The Kier molecular flexibility index (Phi) is 9.50. The number of hydrogen-bond acceptors (Lipinski definition) is 2. The summed E-state index contributed by atoms with van der Waals surface area (Å²) in [5, 5.41) is 3.18. The summed E-state index contributed by atoms with van der Waals surface area (Å²) in [4.78, 5) is 6.15. The molecular weight excluding hydrogens is 360 g/mol. The van der Waals surface area contributed by atoms with E-state index in [9.17, 15) is 4.39 Å². The maximum Gasteiger partial charge on any atom is 0.193 e. The number of rotatable bonds is 5. The smallest absolute Gasteiger partial charge is 0.193 e. The fraction of sp³-hybridized carbons (Fsp3) is 0.462. The van der Waals surface area contributed by atoms with Gasteiger partial charge < -0.3 is 15.0 Å². The van der Waals surface area contributed by atoms with Crippen molar-refractivity contribution in [3.8, 4) is 0 Å². The highest BCUT2D eigenvalue weighted by atomic mass is 127. The third kappa shape index (κ3) is 6.72. The van der Waals surface area contributed by atoms with Crippen molar-refractivity contribution in [3.63, 3.8) is 0 Å². The number of aliphatic imine (C=N–C) groups is 1. The second-order valence-corrected chi connectivity index (χ2v) is 3.95. The van der Waals surface area contributed by atoms with Crippen LogP contribution in [0.15, 0.2) is 29.3 Å². The van der Waals surface area contributed by atoms with Gasteiger partial charge >= 0.3 is 0 Å². The van der Waals surface area contributed by atoms with Crippen LogP contribution in [0.3, 0.4) is 0 Å².